The Kier molecular flexibility index (Phi) is 4.55. The van der Waals surface area contributed by atoms with E-state index < -0.39 is 0 Å². The van der Waals surface area contributed by atoms with Gasteiger partial charge in [-0.25, -0.2) is 0 Å². The van der Waals surface area contributed by atoms with Crippen molar-refractivity contribution in [2.24, 2.45) is 0 Å². The van der Waals surface area contributed by atoms with Gasteiger partial charge >= 0.3 is 0 Å². The zero-order chi connectivity index (χ0) is 18.8. The Labute approximate surface area is 159 Å². The van der Waals surface area contributed by atoms with Crippen LogP contribution in [0.5, 0.6) is 11.5 Å². The number of amides is 1. The number of hydrogen-bond donors (Lipinski definition) is 0. The summed E-state index contributed by atoms with van der Waals surface area (Å²) in [5.74, 6) is 1.23. The van der Waals surface area contributed by atoms with Gasteiger partial charge in [-0.1, -0.05) is 42.5 Å². The van der Waals surface area contributed by atoms with Gasteiger partial charge < -0.3 is 9.47 Å². The van der Waals surface area contributed by atoms with Crippen molar-refractivity contribution in [2.45, 2.75) is 12.3 Å². The highest BCUT2D eigenvalue weighted by atomic mass is 16.5. The highest BCUT2D eigenvalue weighted by Crippen LogP contribution is 2.43. The molecule has 0 N–H and O–H groups in total. The lowest BCUT2D eigenvalue weighted by Crippen LogP contribution is -2.24. The van der Waals surface area contributed by atoms with Gasteiger partial charge in [0.15, 0.2) is 11.5 Å². The third-order valence-electron chi connectivity index (χ3n) is 4.97. The van der Waals surface area contributed by atoms with E-state index in [1.54, 1.807) is 14.2 Å². The van der Waals surface area contributed by atoms with Crippen molar-refractivity contribution in [2.75, 3.05) is 19.1 Å². The molecule has 4 rings (SSSR count). The molecular formula is C23H21NO3. The molecule has 4 nitrogen and oxygen atoms in total. The molecule has 4 heteroatoms. The van der Waals surface area contributed by atoms with Gasteiger partial charge in [-0.3, -0.25) is 9.69 Å². The number of nitrogens with zero attached hydrogens (tertiary/aromatic N) is 1. The maximum Gasteiger partial charge on any atom is 0.239 e. The third-order valence-corrected chi connectivity index (χ3v) is 4.97. The van der Waals surface area contributed by atoms with E-state index in [-0.39, 0.29) is 11.8 Å². The van der Waals surface area contributed by atoms with Crippen LogP contribution in [-0.4, -0.2) is 20.1 Å². The minimum atomic E-state index is -0.223. The number of rotatable bonds is 5. The molecule has 0 saturated carbocycles. The maximum absolute atomic E-state index is 13.3. The average Bonchev–Trinajstić information content (AvgIpc) is 3.00. The van der Waals surface area contributed by atoms with E-state index >= 15 is 0 Å². The van der Waals surface area contributed by atoms with E-state index in [9.17, 15) is 4.79 Å². The molecule has 0 fully saturated rings. The molecular weight excluding hydrogens is 338 g/mol. The zero-order valence-electron chi connectivity index (χ0n) is 15.4. The molecule has 0 aromatic heterocycles. The van der Waals surface area contributed by atoms with Crippen LogP contribution in [0.3, 0.4) is 0 Å². The van der Waals surface area contributed by atoms with Crippen molar-refractivity contribution in [3.63, 3.8) is 0 Å². The number of carbonyl (C=O) groups excluding carboxylic acids is 1. The summed E-state index contributed by atoms with van der Waals surface area (Å²) in [6, 6.07) is 23.6. The summed E-state index contributed by atoms with van der Waals surface area (Å²) in [6.45, 7) is 0. The normalized spacial score (nSPS) is 15.6. The minimum Gasteiger partial charge on any atom is -0.493 e. The summed E-state index contributed by atoms with van der Waals surface area (Å²) in [5, 5.41) is 0. The molecule has 0 bridgehead atoms. The quantitative estimate of drug-likeness (QED) is 0.662. The van der Waals surface area contributed by atoms with Crippen molar-refractivity contribution in [1.82, 2.24) is 0 Å². The summed E-state index contributed by atoms with van der Waals surface area (Å²) in [6.07, 6.45) is 0.611. The van der Waals surface area contributed by atoms with Crippen LogP contribution < -0.4 is 14.4 Å². The summed E-state index contributed by atoms with van der Waals surface area (Å²) >= 11 is 0. The summed E-state index contributed by atoms with van der Waals surface area (Å²) in [4.78, 5) is 15.1. The number of hydrogen-bond acceptors (Lipinski definition) is 3. The molecule has 1 aliphatic rings. The first kappa shape index (κ1) is 17.2. The van der Waals surface area contributed by atoms with E-state index in [0.29, 0.717) is 17.9 Å². The van der Waals surface area contributed by atoms with Crippen LogP contribution in [0.15, 0.2) is 72.8 Å². The Hall–Kier alpha value is -3.27. The van der Waals surface area contributed by atoms with Crippen LogP contribution >= 0.6 is 0 Å². The van der Waals surface area contributed by atoms with Crippen molar-refractivity contribution in [3.8, 4) is 11.5 Å². The molecule has 0 saturated heterocycles. The number of carbonyl (C=O) groups is 1. The number of para-hydroxylation sites is 2. The molecule has 1 amide bonds. The Bertz CT molecular complexity index is 968. The minimum absolute atomic E-state index is 0.0946. The predicted octanol–water partition coefficient (Wildman–Crippen LogP) is 4.71. The van der Waals surface area contributed by atoms with E-state index in [0.717, 1.165) is 22.5 Å². The molecule has 27 heavy (non-hydrogen) atoms. The van der Waals surface area contributed by atoms with E-state index in [1.807, 2.05) is 77.7 Å². The molecule has 1 unspecified atom stereocenters. The average molecular weight is 359 g/mol. The van der Waals surface area contributed by atoms with Crippen LogP contribution in [0, 0.1) is 0 Å². The lowest BCUT2D eigenvalue weighted by atomic mass is 9.93. The Morgan fingerprint density at radius 1 is 0.852 bits per heavy atom. The van der Waals surface area contributed by atoms with Crippen LogP contribution in [-0.2, 0) is 11.2 Å². The molecule has 3 aromatic carbocycles. The van der Waals surface area contributed by atoms with Crippen LogP contribution in [0.4, 0.5) is 11.4 Å². The fraction of sp³-hybridized carbons (Fsp3) is 0.174. The van der Waals surface area contributed by atoms with Gasteiger partial charge in [0.1, 0.15) is 0 Å². The molecule has 0 spiro atoms. The van der Waals surface area contributed by atoms with Gasteiger partial charge in [-0.05, 0) is 47.9 Å². The van der Waals surface area contributed by atoms with E-state index in [4.69, 9.17) is 9.47 Å². The molecule has 0 aliphatic carbocycles. The van der Waals surface area contributed by atoms with Gasteiger partial charge in [-0.15, -0.1) is 0 Å². The zero-order valence-corrected chi connectivity index (χ0v) is 15.4. The molecule has 3 aromatic rings. The first-order chi connectivity index (χ1) is 13.2. The fourth-order valence-corrected chi connectivity index (χ4v) is 3.68. The second-order valence-electron chi connectivity index (χ2n) is 6.51. The van der Waals surface area contributed by atoms with Crippen molar-refractivity contribution in [3.05, 3.63) is 83.9 Å². The Morgan fingerprint density at radius 3 is 2.30 bits per heavy atom. The summed E-state index contributed by atoms with van der Waals surface area (Å²) < 4.78 is 10.7. The van der Waals surface area contributed by atoms with Crippen LogP contribution in [0.25, 0.3) is 0 Å². The monoisotopic (exact) mass is 359 g/mol. The SMILES string of the molecule is COc1ccc(CC2C(=O)N(c3ccccc3)c3ccccc32)cc1OC. The Balaban J connectivity index is 1.71. The number of ether oxygens (including phenoxy) is 2. The molecule has 1 atom stereocenters. The largest absolute Gasteiger partial charge is 0.493 e. The van der Waals surface area contributed by atoms with E-state index in [1.165, 1.54) is 0 Å². The second kappa shape index (κ2) is 7.16. The molecule has 0 radical (unpaired) electrons. The first-order valence-electron chi connectivity index (χ1n) is 8.91. The topological polar surface area (TPSA) is 38.8 Å². The maximum atomic E-state index is 13.3. The van der Waals surface area contributed by atoms with Gasteiger partial charge in [0, 0.05) is 5.69 Å². The number of fused-ring (bicyclic) bond motifs is 1. The van der Waals surface area contributed by atoms with Crippen molar-refractivity contribution >= 4 is 17.3 Å². The van der Waals surface area contributed by atoms with Crippen molar-refractivity contribution < 1.29 is 14.3 Å². The first-order valence-corrected chi connectivity index (χ1v) is 8.91. The lowest BCUT2D eigenvalue weighted by molar-refractivity contribution is -0.118. The van der Waals surface area contributed by atoms with Crippen LogP contribution in [0.1, 0.15) is 17.0 Å². The predicted molar refractivity (Wildman–Crippen MR) is 106 cm³/mol. The van der Waals surface area contributed by atoms with Crippen molar-refractivity contribution in [1.29, 1.82) is 0 Å². The van der Waals surface area contributed by atoms with Crippen LogP contribution in [0.2, 0.25) is 0 Å². The lowest BCUT2D eigenvalue weighted by Gasteiger charge is -2.18. The van der Waals surface area contributed by atoms with E-state index in [2.05, 4.69) is 0 Å². The van der Waals surface area contributed by atoms with Gasteiger partial charge in [0.2, 0.25) is 5.91 Å². The number of anilines is 2. The summed E-state index contributed by atoms with van der Waals surface area (Å²) in [5.41, 5.74) is 3.95. The summed E-state index contributed by atoms with van der Waals surface area (Å²) in [7, 11) is 3.24. The second-order valence-corrected chi connectivity index (χ2v) is 6.51. The van der Waals surface area contributed by atoms with Gasteiger partial charge in [0.25, 0.3) is 0 Å². The number of benzene rings is 3. The smallest absolute Gasteiger partial charge is 0.239 e. The number of methoxy groups -OCH3 is 2. The molecule has 1 aliphatic heterocycles. The standard InChI is InChI=1S/C23H21NO3/c1-26-21-13-12-16(15-22(21)27-2)14-19-18-10-6-7-11-20(18)24(23(19)25)17-8-4-3-5-9-17/h3-13,15,19H,14H2,1-2H3. The highest BCUT2D eigenvalue weighted by molar-refractivity contribution is 6.10. The van der Waals surface area contributed by atoms with Gasteiger partial charge in [-0.2, -0.15) is 0 Å². The fourth-order valence-electron chi connectivity index (χ4n) is 3.68. The highest BCUT2D eigenvalue weighted by Gasteiger charge is 2.37. The molecule has 1 heterocycles. The Morgan fingerprint density at radius 2 is 1.56 bits per heavy atom. The molecule has 136 valence electrons. The third kappa shape index (κ3) is 3.04. The van der Waals surface area contributed by atoms with Gasteiger partial charge in [0.05, 0.1) is 25.8 Å².